The Labute approximate surface area is 91.1 Å². The van der Waals surface area contributed by atoms with Crippen molar-refractivity contribution in [1.29, 1.82) is 0 Å². The zero-order chi connectivity index (χ0) is 10.8. The van der Waals surface area contributed by atoms with Crippen LogP contribution in [0.25, 0.3) is 0 Å². The number of anilines is 1. The predicted octanol–water partition coefficient (Wildman–Crippen LogP) is 1.23. The molecule has 1 aliphatic heterocycles. The molecule has 0 amide bonds. The number of likely N-dealkylation sites (tertiary alicyclic amines) is 1. The second kappa shape index (κ2) is 4.23. The Bertz CT molecular complexity index is 325. The lowest BCUT2D eigenvalue weighted by Gasteiger charge is -2.39. The standard InChI is InChI=1S/C11H20N4/c1-3-4-9-6-15(7-9)8-10-5-13-14(2)11(10)12/h5,9H,3-4,6-8,12H2,1-2H3. The fraction of sp³-hybridized carbons (Fsp3) is 0.727. The van der Waals surface area contributed by atoms with Gasteiger partial charge in [0, 0.05) is 32.2 Å². The van der Waals surface area contributed by atoms with Crippen LogP contribution in [0, 0.1) is 5.92 Å². The predicted molar refractivity (Wildman–Crippen MR) is 61.3 cm³/mol. The highest BCUT2D eigenvalue weighted by molar-refractivity contribution is 5.38. The summed E-state index contributed by atoms with van der Waals surface area (Å²) >= 11 is 0. The molecular formula is C11H20N4. The van der Waals surface area contributed by atoms with E-state index in [1.807, 2.05) is 13.2 Å². The number of rotatable bonds is 4. The summed E-state index contributed by atoms with van der Waals surface area (Å²) in [7, 11) is 1.88. The van der Waals surface area contributed by atoms with Crippen LogP contribution in [0.3, 0.4) is 0 Å². The van der Waals surface area contributed by atoms with E-state index in [1.54, 1.807) is 4.68 Å². The molecule has 0 saturated carbocycles. The number of nitrogens with two attached hydrogens (primary N) is 1. The quantitative estimate of drug-likeness (QED) is 0.809. The van der Waals surface area contributed by atoms with Crippen molar-refractivity contribution in [1.82, 2.24) is 14.7 Å². The summed E-state index contributed by atoms with van der Waals surface area (Å²) in [6.07, 6.45) is 4.54. The molecule has 4 nitrogen and oxygen atoms in total. The first-order valence-corrected chi connectivity index (χ1v) is 5.69. The third kappa shape index (κ3) is 2.15. The highest BCUT2D eigenvalue weighted by Crippen LogP contribution is 2.23. The van der Waals surface area contributed by atoms with Crippen molar-refractivity contribution in [3.8, 4) is 0 Å². The molecule has 1 fully saturated rings. The summed E-state index contributed by atoms with van der Waals surface area (Å²) in [5.41, 5.74) is 7.06. The van der Waals surface area contributed by atoms with E-state index in [-0.39, 0.29) is 0 Å². The Balaban J connectivity index is 1.82. The van der Waals surface area contributed by atoms with Gasteiger partial charge in [0.1, 0.15) is 5.82 Å². The highest BCUT2D eigenvalue weighted by Gasteiger charge is 2.26. The van der Waals surface area contributed by atoms with Crippen molar-refractivity contribution < 1.29 is 0 Å². The molecule has 1 saturated heterocycles. The van der Waals surface area contributed by atoms with Gasteiger partial charge < -0.3 is 5.73 Å². The van der Waals surface area contributed by atoms with Crippen LogP contribution in [0.1, 0.15) is 25.3 Å². The van der Waals surface area contributed by atoms with E-state index in [4.69, 9.17) is 5.73 Å². The maximum absolute atomic E-state index is 5.90. The van der Waals surface area contributed by atoms with E-state index in [2.05, 4.69) is 16.9 Å². The van der Waals surface area contributed by atoms with Crippen LogP contribution in [-0.2, 0) is 13.6 Å². The number of hydrogen-bond donors (Lipinski definition) is 1. The molecule has 0 bridgehead atoms. The fourth-order valence-electron chi connectivity index (χ4n) is 2.25. The molecule has 2 heterocycles. The van der Waals surface area contributed by atoms with Crippen molar-refractivity contribution >= 4 is 5.82 Å². The fourth-order valence-corrected chi connectivity index (χ4v) is 2.25. The van der Waals surface area contributed by atoms with E-state index in [1.165, 1.54) is 25.9 Å². The largest absolute Gasteiger partial charge is 0.384 e. The van der Waals surface area contributed by atoms with Gasteiger partial charge in [0.25, 0.3) is 0 Å². The van der Waals surface area contributed by atoms with Crippen molar-refractivity contribution in [2.75, 3.05) is 18.8 Å². The molecule has 0 radical (unpaired) electrons. The van der Waals surface area contributed by atoms with Gasteiger partial charge in [0.15, 0.2) is 0 Å². The van der Waals surface area contributed by atoms with Crippen LogP contribution in [0.4, 0.5) is 5.82 Å². The SMILES string of the molecule is CCCC1CN(Cc2cnn(C)c2N)C1. The zero-order valence-electron chi connectivity index (χ0n) is 9.61. The lowest BCUT2D eigenvalue weighted by atomic mass is 9.95. The van der Waals surface area contributed by atoms with Gasteiger partial charge in [0.05, 0.1) is 6.20 Å². The Morgan fingerprint density at radius 3 is 2.80 bits per heavy atom. The highest BCUT2D eigenvalue weighted by atomic mass is 15.3. The molecule has 1 aromatic rings. The lowest BCUT2D eigenvalue weighted by molar-refractivity contribution is 0.0862. The third-order valence-electron chi connectivity index (χ3n) is 3.19. The average Bonchev–Trinajstić information content (AvgIpc) is 2.46. The van der Waals surface area contributed by atoms with Crippen LogP contribution in [-0.4, -0.2) is 27.8 Å². The van der Waals surface area contributed by atoms with E-state index < -0.39 is 0 Å². The van der Waals surface area contributed by atoms with Crippen molar-refractivity contribution in [3.63, 3.8) is 0 Å². The Hall–Kier alpha value is -1.03. The van der Waals surface area contributed by atoms with E-state index >= 15 is 0 Å². The molecular weight excluding hydrogens is 188 g/mol. The molecule has 2 rings (SSSR count). The first kappa shape index (κ1) is 10.5. The van der Waals surface area contributed by atoms with Crippen molar-refractivity contribution in [2.24, 2.45) is 13.0 Å². The van der Waals surface area contributed by atoms with Gasteiger partial charge in [-0.05, 0) is 12.3 Å². The molecule has 0 aliphatic carbocycles. The second-order valence-corrected chi connectivity index (χ2v) is 4.53. The molecule has 84 valence electrons. The van der Waals surface area contributed by atoms with E-state index in [0.29, 0.717) is 0 Å². The number of aryl methyl sites for hydroxylation is 1. The summed E-state index contributed by atoms with van der Waals surface area (Å²) in [4.78, 5) is 2.44. The molecule has 1 aliphatic rings. The summed E-state index contributed by atoms with van der Waals surface area (Å²) in [6, 6.07) is 0. The second-order valence-electron chi connectivity index (χ2n) is 4.53. The van der Waals surface area contributed by atoms with Gasteiger partial charge in [-0.15, -0.1) is 0 Å². The van der Waals surface area contributed by atoms with E-state index in [0.717, 1.165) is 23.8 Å². The molecule has 4 heteroatoms. The molecule has 0 spiro atoms. The molecule has 1 aromatic heterocycles. The first-order chi connectivity index (χ1) is 7.20. The van der Waals surface area contributed by atoms with Crippen LogP contribution in [0.5, 0.6) is 0 Å². The van der Waals surface area contributed by atoms with Crippen molar-refractivity contribution in [3.05, 3.63) is 11.8 Å². The molecule has 0 unspecified atom stereocenters. The normalized spacial score (nSPS) is 18.0. The molecule has 2 N–H and O–H groups in total. The number of nitrogens with zero attached hydrogens (tertiary/aromatic N) is 3. The van der Waals surface area contributed by atoms with Crippen LogP contribution in [0.2, 0.25) is 0 Å². The monoisotopic (exact) mass is 208 g/mol. The van der Waals surface area contributed by atoms with Gasteiger partial charge in [-0.1, -0.05) is 13.3 Å². The van der Waals surface area contributed by atoms with Crippen LogP contribution >= 0.6 is 0 Å². The van der Waals surface area contributed by atoms with E-state index in [9.17, 15) is 0 Å². The maximum atomic E-state index is 5.90. The molecule has 15 heavy (non-hydrogen) atoms. The smallest absolute Gasteiger partial charge is 0.125 e. The Kier molecular flexibility index (Phi) is 2.95. The van der Waals surface area contributed by atoms with Gasteiger partial charge >= 0.3 is 0 Å². The average molecular weight is 208 g/mol. The third-order valence-corrected chi connectivity index (χ3v) is 3.19. The van der Waals surface area contributed by atoms with Crippen molar-refractivity contribution in [2.45, 2.75) is 26.3 Å². The minimum Gasteiger partial charge on any atom is -0.384 e. The Morgan fingerprint density at radius 1 is 1.53 bits per heavy atom. The van der Waals surface area contributed by atoms with Gasteiger partial charge in [-0.3, -0.25) is 9.58 Å². The summed E-state index contributed by atoms with van der Waals surface area (Å²) in [5.74, 6) is 1.71. The zero-order valence-corrected chi connectivity index (χ0v) is 9.61. The van der Waals surface area contributed by atoms with Gasteiger partial charge in [-0.25, -0.2) is 0 Å². The number of nitrogen functional groups attached to an aromatic ring is 1. The molecule has 0 atom stereocenters. The molecule has 0 aromatic carbocycles. The van der Waals surface area contributed by atoms with Crippen LogP contribution in [0.15, 0.2) is 6.20 Å². The lowest BCUT2D eigenvalue weighted by Crippen LogP contribution is -2.45. The summed E-state index contributed by atoms with van der Waals surface area (Å²) < 4.78 is 1.73. The minimum absolute atomic E-state index is 0.800. The number of aromatic nitrogens is 2. The Morgan fingerprint density at radius 2 is 2.27 bits per heavy atom. The topological polar surface area (TPSA) is 47.1 Å². The number of hydrogen-bond acceptors (Lipinski definition) is 3. The van der Waals surface area contributed by atoms with Crippen LogP contribution < -0.4 is 5.73 Å². The van der Waals surface area contributed by atoms with Gasteiger partial charge in [0.2, 0.25) is 0 Å². The summed E-state index contributed by atoms with van der Waals surface area (Å²) in [6.45, 7) is 5.66. The maximum Gasteiger partial charge on any atom is 0.125 e. The minimum atomic E-state index is 0.800. The van der Waals surface area contributed by atoms with Gasteiger partial charge in [-0.2, -0.15) is 5.10 Å². The first-order valence-electron chi connectivity index (χ1n) is 5.69. The summed E-state index contributed by atoms with van der Waals surface area (Å²) in [5, 5.41) is 4.15.